The molecule has 0 aliphatic carbocycles. The van der Waals surface area contributed by atoms with E-state index in [0.29, 0.717) is 80.5 Å². The maximum absolute atomic E-state index is 16.4. The number of hydrogen-bond acceptors (Lipinski definition) is 7. The zero-order valence-corrected chi connectivity index (χ0v) is 25.7. The molecule has 47 heavy (non-hydrogen) atoms. The number of halogens is 2. The SMILES string of the molecule is CN(C)CCNc1cc(F)cc(-c2nccc3[nH]c(C4=NCc5ccc(-c6cncc(NC(=O)c7ccccc7)c6)c(F)c54)nc23)c1. The van der Waals surface area contributed by atoms with Crippen LogP contribution in [-0.4, -0.2) is 63.6 Å². The number of pyridine rings is 2. The van der Waals surface area contributed by atoms with Gasteiger partial charge in [-0.3, -0.25) is 19.8 Å². The van der Waals surface area contributed by atoms with Crippen LogP contribution >= 0.6 is 0 Å². The first-order valence-corrected chi connectivity index (χ1v) is 15.1. The van der Waals surface area contributed by atoms with Gasteiger partial charge < -0.3 is 20.5 Å². The second kappa shape index (κ2) is 12.5. The number of aliphatic imine (C=N–C) groups is 1. The van der Waals surface area contributed by atoms with E-state index in [1.54, 1.807) is 54.9 Å². The van der Waals surface area contributed by atoms with Crippen LogP contribution in [0.15, 0.2) is 96.4 Å². The topological polar surface area (TPSA) is 111 Å². The summed E-state index contributed by atoms with van der Waals surface area (Å²) in [4.78, 5) is 36.3. The third-order valence-electron chi connectivity index (χ3n) is 7.90. The number of fused-ring (bicyclic) bond motifs is 2. The molecule has 0 bridgehead atoms. The molecule has 0 spiro atoms. The Hall–Kier alpha value is -5.81. The number of imidazole rings is 1. The summed E-state index contributed by atoms with van der Waals surface area (Å²) in [6.45, 7) is 1.73. The van der Waals surface area contributed by atoms with Gasteiger partial charge >= 0.3 is 0 Å². The molecule has 9 nitrogen and oxygen atoms in total. The molecular weight excluding hydrogens is 598 g/mol. The molecule has 0 radical (unpaired) electrons. The van der Waals surface area contributed by atoms with E-state index in [9.17, 15) is 9.18 Å². The number of H-pyrrole nitrogens is 1. The Kier molecular flexibility index (Phi) is 7.96. The first-order chi connectivity index (χ1) is 22.8. The number of aromatic amines is 1. The van der Waals surface area contributed by atoms with Crippen molar-refractivity contribution in [2.45, 2.75) is 6.54 Å². The Morgan fingerprint density at radius 2 is 1.79 bits per heavy atom. The van der Waals surface area contributed by atoms with Gasteiger partial charge in [-0.1, -0.05) is 30.3 Å². The number of likely N-dealkylation sites (N-methyl/N-ethyl adjacent to an activating group) is 1. The number of carbonyl (C=O) groups excluding carboxylic acids is 1. The van der Waals surface area contributed by atoms with Crippen molar-refractivity contribution in [3.05, 3.63) is 126 Å². The molecule has 234 valence electrons. The molecule has 1 aliphatic rings. The summed E-state index contributed by atoms with van der Waals surface area (Å²) >= 11 is 0. The Bertz CT molecular complexity index is 2160. The highest BCUT2D eigenvalue weighted by molar-refractivity contribution is 6.15. The van der Waals surface area contributed by atoms with E-state index in [4.69, 9.17) is 4.98 Å². The van der Waals surface area contributed by atoms with Crippen molar-refractivity contribution in [1.82, 2.24) is 24.8 Å². The summed E-state index contributed by atoms with van der Waals surface area (Å²) in [5.41, 5.74) is 6.08. The molecule has 0 unspecified atom stereocenters. The van der Waals surface area contributed by atoms with E-state index in [-0.39, 0.29) is 5.91 Å². The lowest BCUT2D eigenvalue weighted by Crippen LogP contribution is -2.20. The van der Waals surface area contributed by atoms with E-state index in [1.165, 1.54) is 18.3 Å². The summed E-state index contributed by atoms with van der Waals surface area (Å²) in [5.74, 6) is -0.773. The van der Waals surface area contributed by atoms with Crippen molar-refractivity contribution in [3.63, 3.8) is 0 Å². The maximum atomic E-state index is 16.4. The molecule has 3 aromatic carbocycles. The minimum atomic E-state index is -0.468. The van der Waals surface area contributed by atoms with Gasteiger partial charge in [0.25, 0.3) is 5.91 Å². The molecule has 4 heterocycles. The van der Waals surface area contributed by atoms with Crippen molar-refractivity contribution in [2.24, 2.45) is 4.99 Å². The quantitative estimate of drug-likeness (QED) is 0.168. The van der Waals surface area contributed by atoms with Crippen molar-refractivity contribution >= 4 is 34.0 Å². The molecule has 6 aromatic rings. The van der Waals surface area contributed by atoms with Crippen LogP contribution in [0.5, 0.6) is 0 Å². The molecule has 0 saturated carbocycles. The van der Waals surface area contributed by atoms with Gasteiger partial charge in [-0.2, -0.15) is 0 Å². The lowest BCUT2D eigenvalue weighted by Gasteiger charge is -2.12. The van der Waals surface area contributed by atoms with Crippen LogP contribution in [0.2, 0.25) is 0 Å². The molecule has 0 saturated heterocycles. The lowest BCUT2D eigenvalue weighted by molar-refractivity contribution is 0.102. The number of anilines is 2. The van der Waals surface area contributed by atoms with Crippen LogP contribution in [-0.2, 0) is 6.54 Å². The third kappa shape index (κ3) is 6.08. The third-order valence-corrected chi connectivity index (χ3v) is 7.90. The molecule has 11 heteroatoms. The van der Waals surface area contributed by atoms with Crippen LogP contribution in [0.3, 0.4) is 0 Å². The molecular formula is C36H30F2N8O. The molecule has 3 N–H and O–H groups in total. The second-order valence-electron chi connectivity index (χ2n) is 11.5. The molecule has 7 rings (SSSR count). The average Bonchev–Trinajstić information content (AvgIpc) is 3.70. The zero-order valence-electron chi connectivity index (χ0n) is 25.7. The molecule has 0 atom stereocenters. The van der Waals surface area contributed by atoms with Crippen LogP contribution in [0.1, 0.15) is 27.3 Å². The highest BCUT2D eigenvalue weighted by Gasteiger charge is 2.27. The first kappa shape index (κ1) is 29.9. The molecule has 0 fully saturated rings. The van der Waals surface area contributed by atoms with E-state index < -0.39 is 11.6 Å². The smallest absolute Gasteiger partial charge is 0.255 e. The highest BCUT2D eigenvalue weighted by Crippen LogP contribution is 2.34. The Labute approximate surface area is 269 Å². The monoisotopic (exact) mass is 628 g/mol. The van der Waals surface area contributed by atoms with E-state index in [1.807, 2.05) is 37.2 Å². The Balaban J connectivity index is 1.20. The normalized spacial score (nSPS) is 12.3. The first-order valence-electron chi connectivity index (χ1n) is 15.1. The number of amides is 1. The number of carbonyl (C=O) groups is 1. The number of nitrogens with zero attached hydrogens (tertiary/aromatic N) is 5. The zero-order chi connectivity index (χ0) is 32.5. The van der Waals surface area contributed by atoms with Gasteiger partial charge in [0.15, 0.2) is 5.82 Å². The van der Waals surface area contributed by atoms with E-state index in [0.717, 1.165) is 12.1 Å². The highest BCUT2D eigenvalue weighted by atomic mass is 19.1. The fraction of sp³-hybridized carbons (Fsp3) is 0.139. The predicted molar refractivity (Wildman–Crippen MR) is 180 cm³/mol. The van der Waals surface area contributed by atoms with Crippen molar-refractivity contribution in [1.29, 1.82) is 0 Å². The average molecular weight is 629 g/mol. The second-order valence-corrected chi connectivity index (χ2v) is 11.5. The van der Waals surface area contributed by atoms with Gasteiger partial charge in [-0.25, -0.2) is 13.8 Å². The summed E-state index contributed by atoms with van der Waals surface area (Å²) in [7, 11) is 3.95. The fourth-order valence-electron chi connectivity index (χ4n) is 5.62. The van der Waals surface area contributed by atoms with Crippen molar-refractivity contribution in [2.75, 3.05) is 37.8 Å². The fourth-order valence-corrected chi connectivity index (χ4v) is 5.62. The summed E-state index contributed by atoms with van der Waals surface area (Å²) in [6, 6.07) is 20.5. The number of hydrogen-bond donors (Lipinski definition) is 3. The summed E-state index contributed by atoms with van der Waals surface area (Å²) in [6.07, 6.45) is 4.70. The summed E-state index contributed by atoms with van der Waals surface area (Å²) < 4.78 is 31.1. The number of benzene rings is 3. The van der Waals surface area contributed by atoms with E-state index in [2.05, 4.69) is 30.6 Å². The van der Waals surface area contributed by atoms with Crippen LogP contribution < -0.4 is 10.6 Å². The van der Waals surface area contributed by atoms with Crippen LogP contribution in [0, 0.1) is 11.6 Å². The standard InChI is InChI=1S/C36H30F2N8O/c1-46(2)13-12-40-26-15-23(14-25(37)17-26)32-33-29(10-11-41-32)44-35(45-33)34-30-22(19-42-34)8-9-28(31(30)38)24-16-27(20-39-18-24)43-36(47)21-6-4-3-5-7-21/h3-11,14-18,20,40H,12-13,19H2,1-2H3,(H,43,47)(H,44,45). The number of rotatable bonds is 9. The predicted octanol–water partition coefficient (Wildman–Crippen LogP) is 6.54. The van der Waals surface area contributed by atoms with Gasteiger partial charge in [0, 0.05) is 59.0 Å². The summed E-state index contributed by atoms with van der Waals surface area (Å²) in [5, 5.41) is 6.09. The minimum Gasteiger partial charge on any atom is -0.384 e. The maximum Gasteiger partial charge on any atom is 0.255 e. The largest absolute Gasteiger partial charge is 0.384 e. The van der Waals surface area contributed by atoms with Crippen LogP contribution in [0.4, 0.5) is 20.2 Å². The Morgan fingerprint density at radius 1 is 0.957 bits per heavy atom. The Morgan fingerprint density at radius 3 is 2.62 bits per heavy atom. The van der Waals surface area contributed by atoms with Gasteiger partial charge in [0.2, 0.25) is 0 Å². The van der Waals surface area contributed by atoms with Gasteiger partial charge in [-0.15, -0.1) is 0 Å². The number of nitrogens with one attached hydrogen (secondary N) is 3. The lowest BCUT2D eigenvalue weighted by atomic mass is 9.97. The minimum absolute atomic E-state index is 0.290. The molecule has 1 amide bonds. The molecule has 3 aromatic heterocycles. The van der Waals surface area contributed by atoms with Gasteiger partial charge in [0.1, 0.15) is 22.9 Å². The molecule has 1 aliphatic heterocycles. The van der Waals surface area contributed by atoms with Crippen LogP contribution in [0.25, 0.3) is 33.4 Å². The van der Waals surface area contributed by atoms with Crippen molar-refractivity contribution < 1.29 is 13.6 Å². The van der Waals surface area contributed by atoms with Crippen molar-refractivity contribution in [3.8, 4) is 22.4 Å². The van der Waals surface area contributed by atoms with Gasteiger partial charge in [0.05, 0.1) is 29.6 Å². The van der Waals surface area contributed by atoms with Gasteiger partial charge in [-0.05, 0) is 62.1 Å². The van der Waals surface area contributed by atoms with E-state index >= 15 is 4.39 Å². The number of aromatic nitrogens is 4.